The van der Waals surface area contributed by atoms with E-state index in [1.165, 1.54) is 16.9 Å². The smallest absolute Gasteiger partial charge is 0.270 e. The molecule has 0 radical (unpaired) electrons. The van der Waals surface area contributed by atoms with E-state index >= 15 is 0 Å². The van der Waals surface area contributed by atoms with Crippen LogP contribution in [-0.2, 0) is 11.3 Å². The van der Waals surface area contributed by atoms with E-state index in [0.29, 0.717) is 38.5 Å². The van der Waals surface area contributed by atoms with E-state index in [2.05, 4.69) is 26.0 Å². The fourth-order valence-electron chi connectivity index (χ4n) is 2.79. The number of carbonyl (C=O) groups is 1. The summed E-state index contributed by atoms with van der Waals surface area (Å²) < 4.78 is 5.33. The Morgan fingerprint density at radius 2 is 2.14 bits per heavy atom. The zero-order valence-electron chi connectivity index (χ0n) is 15.7. The zero-order valence-corrected chi connectivity index (χ0v) is 16.5. The van der Waals surface area contributed by atoms with Gasteiger partial charge in [-0.15, -0.1) is 5.10 Å². The summed E-state index contributed by atoms with van der Waals surface area (Å²) in [5.74, 6) is -0.426. The Labute approximate surface area is 171 Å². The van der Waals surface area contributed by atoms with E-state index in [9.17, 15) is 14.9 Å². The van der Waals surface area contributed by atoms with Crippen LogP contribution in [-0.4, -0.2) is 62.5 Å². The lowest BCUT2D eigenvalue weighted by Gasteiger charge is -2.30. The second-order valence-electron chi connectivity index (χ2n) is 6.18. The van der Waals surface area contributed by atoms with Crippen molar-refractivity contribution in [2.75, 3.05) is 36.5 Å². The van der Waals surface area contributed by atoms with Crippen LogP contribution in [0.1, 0.15) is 23.7 Å². The number of rotatable bonds is 6. The van der Waals surface area contributed by atoms with Crippen LogP contribution in [0.5, 0.6) is 0 Å². The number of amides is 1. The molecule has 12 nitrogen and oxygen atoms in total. The average Bonchev–Trinajstić information content (AvgIpc) is 3.15. The van der Waals surface area contributed by atoms with Gasteiger partial charge in [0.2, 0.25) is 0 Å². The van der Waals surface area contributed by atoms with Crippen LogP contribution in [0.15, 0.2) is 18.2 Å². The Kier molecular flexibility index (Phi) is 6.61. The van der Waals surface area contributed by atoms with Crippen molar-refractivity contribution in [3.8, 4) is 0 Å². The van der Waals surface area contributed by atoms with Crippen molar-refractivity contribution in [2.24, 2.45) is 0 Å². The number of morpholine rings is 1. The summed E-state index contributed by atoms with van der Waals surface area (Å²) in [6, 6.07) is 4.17. The number of anilines is 2. The number of hydrogen-bond donors (Lipinski definition) is 2. The highest BCUT2D eigenvalue weighted by atomic mass is 32.1. The second kappa shape index (κ2) is 9.34. The van der Waals surface area contributed by atoms with Crippen molar-refractivity contribution in [3.63, 3.8) is 0 Å². The lowest BCUT2D eigenvalue weighted by molar-refractivity contribution is -0.384. The van der Waals surface area contributed by atoms with Crippen molar-refractivity contribution in [1.82, 2.24) is 25.5 Å². The van der Waals surface area contributed by atoms with Crippen LogP contribution in [0.3, 0.4) is 0 Å². The molecule has 1 aliphatic heterocycles. The largest absolute Gasteiger partial charge is 0.378 e. The molecule has 1 aliphatic rings. The first-order valence-corrected chi connectivity index (χ1v) is 9.40. The molecule has 0 unspecified atom stereocenters. The van der Waals surface area contributed by atoms with Gasteiger partial charge in [0.05, 0.1) is 35.9 Å². The van der Waals surface area contributed by atoms with Crippen LogP contribution in [0.4, 0.5) is 17.3 Å². The number of nitro groups is 1. The van der Waals surface area contributed by atoms with Gasteiger partial charge in [-0.25, -0.2) is 0 Å². The Hall–Kier alpha value is -3.19. The Bertz CT molecular complexity index is 912. The van der Waals surface area contributed by atoms with Crippen LogP contribution >= 0.6 is 12.2 Å². The molecule has 0 aliphatic carbocycles. The van der Waals surface area contributed by atoms with Gasteiger partial charge in [0.15, 0.2) is 5.11 Å². The molecular formula is C16H20N8O4S. The number of aryl methyl sites for hydroxylation is 1. The van der Waals surface area contributed by atoms with Gasteiger partial charge in [0, 0.05) is 25.2 Å². The lowest BCUT2D eigenvalue weighted by Crippen LogP contribution is -2.39. The van der Waals surface area contributed by atoms with E-state index in [4.69, 9.17) is 17.0 Å². The Balaban J connectivity index is 1.76. The molecule has 1 aromatic heterocycles. The summed E-state index contributed by atoms with van der Waals surface area (Å²) in [4.78, 5) is 26.8. The van der Waals surface area contributed by atoms with Crippen LogP contribution in [0.2, 0.25) is 0 Å². The summed E-state index contributed by atoms with van der Waals surface area (Å²) in [6.45, 7) is 4.75. The highest BCUT2D eigenvalue weighted by Crippen LogP contribution is 2.26. The minimum atomic E-state index is -0.575. The number of nitro benzene ring substituents is 1. The van der Waals surface area contributed by atoms with Crippen molar-refractivity contribution in [1.29, 1.82) is 0 Å². The average molecular weight is 420 g/mol. The molecule has 1 aromatic carbocycles. The Morgan fingerprint density at radius 3 is 2.83 bits per heavy atom. The predicted molar refractivity (Wildman–Crippen MR) is 108 cm³/mol. The fraction of sp³-hybridized carbons (Fsp3) is 0.438. The molecule has 1 amide bonds. The van der Waals surface area contributed by atoms with Gasteiger partial charge in [0.1, 0.15) is 0 Å². The molecule has 0 saturated carbocycles. The molecule has 1 fully saturated rings. The minimum Gasteiger partial charge on any atom is -0.378 e. The molecule has 13 heteroatoms. The number of nitrogens with zero attached hydrogens (tertiary/aromatic N) is 6. The predicted octanol–water partition coefficient (Wildman–Crippen LogP) is 0.955. The number of aromatic nitrogens is 4. The molecule has 3 rings (SSSR count). The van der Waals surface area contributed by atoms with Crippen LogP contribution in [0.25, 0.3) is 0 Å². The first-order valence-electron chi connectivity index (χ1n) is 8.99. The number of ether oxygens (including phenoxy) is 1. The fourth-order valence-corrected chi connectivity index (χ4v) is 2.97. The molecular weight excluding hydrogens is 400 g/mol. The highest BCUT2D eigenvalue weighted by molar-refractivity contribution is 7.80. The molecule has 0 spiro atoms. The van der Waals surface area contributed by atoms with Gasteiger partial charge in [0.25, 0.3) is 17.5 Å². The highest BCUT2D eigenvalue weighted by Gasteiger charge is 2.23. The van der Waals surface area contributed by atoms with Gasteiger partial charge in [-0.1, -0.05) is 12.0 Å². The third-order valence-electron chi connectivity index (χ3n) is 4.12. The topological polar surface area (TPSA) is 140 Å². The quantitative estimate of drug-likeness (QED) is 0.394. The van der Waals surface area contributed by atoms with Gasteiger partial charge in [-0.3, -0.25) is 25.5 Å². The summed E-state index contributed by atoms with van der Waals surface area (Å²) in [5, 5.41) is 28.1. The van der Waals surface area contributed by atoms with Gasteiger partial charge >= 0.3 is 0 Å². The zero-order chi connectivity index (χ0) is 20.8. The second-order valence-corrected chi connectivity index (χ2v) is 6.58. The number of tetrazole rings is 1. The summed E-state index contributed by atoms with van der Waals surface area (Å²) in [7, 11) is 0. The number of non-ortho nitro benzene ring substituents is 1. The molecule has 0 atom stereocenters. The number of benzene rings is 1. The van der Waals surface area contributed by atoms with E-state index in [-0.39, 0.29) is 22.3 Å². The first-order chi connectivity index (χ1) is 14.0. The standard InChI is InChI=1S/C16H20N8O4S/c1-2-5-23-20-15(19-21-23)18-16(29)17-14(25)12-10-11(24(26)27)3-4-13(12)22-6-8-28-9-7-22/h3-4,10H,2,5-9H2,1H3,(H2,17,18,20,25,29). The number of nitrogens with one attached hydrogen (secondary N) is 2. The normalized spacial score (nSPS) is 13.8. The minimum absolute atomic E-state index is 0.0366. The number of thiocarbonyl (C=S) groups is 1. The molecule has 1 saturated heterocycles. The molecule has 2 aromatic rings. The molecule has 2 N–H and O–H groups in total. The van der Waals surface area contributed by atoms with Crippen molar-refractivity contribution < 1.29 is 14.5 Å². The van der Waals surface area contributed by atoms with Gasteiger partial charge in [-0.2, -0.15) is 4.80 Å². The van der Waals surface area contributed by atoms with E-state index in [1.54, 1.807) is 6.07 Å². The first kappa shape index (κ1) is 20.5. The lowest BCUT2D eigenvalue weighted by atomic mass is 10.1. The van der Waals surface area contributed by atoms with Crippen molar-refractivity contribution >= 4 is 40.6 Å². The van der Waals surface area contributed by atoms with E-state index in [0.717, 1.165) is 6.42 Å². The number of hydrogen-bond acceptors (Lipinski definition) is 9. The number of carbonyl (C=O) groups excluding carboxylic acids is 1. The summed E-state index contributed by atoms with van der Waals surface area (Å²) >= 11 is 5.14. The SMILES string of the molecule is CCCn1nnc(NC(=S)NC(=O)c2cc([N+](=O)[O-])ccc2N2CCOCC2)n1. The third kappa shape index (κ3) is 5.20. The monoisotopic (exact) mass is 420 g/mol. The van der Waals surface area contributed by atoms with Crippen molar-refractivity contribution in [2.45, 2.75) is 19.9 Å². The summed E-state index contributed by atoms with van der Waals surface area (Å²) in [6.07, 6.45) is 0.841. The van der Waals surface area contributed by atoms with Gasteiger partial charge in [-0.05, 0) is 29.9 Å². The maximum Gasteiger partial charge on any atom is 0.270 e. The van der Waals surface area contributed by atoms with E-state index in [1.807, 2.05) is 11.8 Å². The van der Waals surface area contributed by atoms with E-state index < -0.39 is 10.8 Å². The van der Waals surface area contributed by atoms with Crippen LogP contribution < -0.4 is 15.5 Å². The van der Waals surface area contributed by atoms with Gasteiger partial charge < -0.3 is 9.64 Å². The molecule has 154 valence electrons. The summed E-state index contributed by atoms with van der Waals surface area (Å²) in [5.41, 5.74) is 0.536. The Morgan fingerprint density at radius 1 is 1.38 bits per heavy atom. The third-order valence-corrected chi connectivity index (χ3v) is 4.32. The van der Waals surface area contributed by atoms with Crippen LogP contribution in [0, 0.1) is 10.1 Å². The molecule has 0 bridgehead atoms. The maximum atomic E-state index is 12.8. The molecule has 2 heterocycles. The van der Waals surface area contributed by atoms with Crippen molar-refractivity contribution in [3.05, 3.63) is 33.9 Å². The molecule has 29 heavy (non-hydrogen) atoms. The maximum absolute atomic E-state index is 12.8.